The Bertz CT molecular complexity index is 1180. The van der Waals surface area contributed by atoms with E-state index < -0.39 is 0 Å². The lowest BCUT2D eigenvalue weighted by molar-refractivity contribution is 0.567. The van der Waals surface area contributed by atoms with E-state index in [0.29, 0.717) is 0 Å². The number of nitrogens with one attached hydrogen (secondary N) is 2. The third-order valence-corrected chi connectivity index (χ3v) is 5.69. The van der Waals surface area contributed by atoms with Gasteiger partial charge >= 0.3 is 0 Å². The molecule has 0 radical (unpaired) electrons. The second-order valence-corrected chi connectivity index (χ2v) is 7.43. The van der Waals surface area contributed by atoms with Crippen LogP contribution in [-0.4, -0.2) is 15.7 Å². The molecule has 5 rings (SSSR count). The first-order chi connectivity index (χ1) is 14.8. The molecule has 2 aliphatic rings. The molecule has 2 N–H and O–H groups in total. The van der Waals surface area contributed by atoms with Gasteiger partial charge in [-0.05, 0) is 53.8 Å². The molecule has 6 heteroatoms. The Morgan fingerprint density at radius 1 is 1.23 bits per heavy atom. The van der Waals surface area contributed by atoms with Crippen LogP contribution in [0.4, 0.5) is 0 Å². The van der Waals surface area contributed by atoms with Crippen LogP contribution in [0, 0.1) is 0 Å². The zero-order valence-corrected chi connectivity index (χ0v) is 16.9. The van der Waals surface area contributed by atoms with Gasteiger partial charge in [0.1, 0.15) is 0 Å². The lowest BCUT2D eigenvalue weighted by Crippen LogP contribution is -2.31. The van der Waals surface area contributed by atoms with Gasteiger partial charge in [-0.2, -0.15) is 5.43 Å². The molecule has 0 saturated heterocycles. The van der Waals surface area contributed by atoms with Crippen molar-refractivity contribution in [3.8, 4) is 11.3 Å². The van der Waals surface area contributed by atoms with E-state index in [2.05, 4.69) is 92.4 Å². The summed E-state index contributed by atoms with van der Waals surface area (Å²) in [5.41, 5.74) is 13.1. The molecule has 3 heterocycles. The van der Waals surface area contributed by atoms with Crippen molar-refractivity contribution in [1.82, 2.24) is 20.5 Å². The largest absolute Gasteiger partial charge is 0.337 e. The number of hydrazine groups is 1. The average molecular weight is 396 g/mol. The van der Waals surface area contributed by atoms with Crippen LogP contribution in [0.25, 0.3) is 34.3 Å². The predicted octanol–water partition coefficient (Wildman–Crippen LogP) is 5.27. The second-order valence-electron chi connectivity index (χ2n) is 7.43. The zero-order valence-electron chi connectivity index (χ0n) is 16.9. The van der Waals surface area contributed by atoms with Gasteiger partial charge in [-0.25, -0.2) is 5.53 Å². The molecule has 0 amide bonds. The third kappa shape index (κ3) is 3.35. The maximum absolute atomic E-state index is 4.35. The SMILES string of the molecule is CC/C(=C\Cn1c(-c2cccnc2)cc2c3c(ccc21)C=CCC=C3)C1N=NNN1. The molecular formula is C24H24N6. The van der Waals surface area contributed by atoms with E-state index in [4.69, 9.17) is 0 Å². The predicted molar refractivity (Wildman–Crippen MR) is 121 cm³/mol. The number of allylic oxidation sites excluding steroid dienone is 3. The first-order valence-electron chi connectivity index (χ1n) is 10.3. The molecule has 0 fully saturated rings. The number of hydrogen-bond acceptors (Lipinski definition) is 5. The van der Waals surface area contributed by atoms with Crippen LogP contribution in [0.15, 0.2) is 76.9 Å². The van der Waals surface area contributed by atoms with Crippen molar-refractivity contribution in [2.75, 3.05) is 0 Å². The summed E-state index contributed by atoms with van der Waals surface area (Å²) in [6.45, 7) is 2.90. The summed E-state index contributed by atoms with van der Waals surface area (Å²) in [6.07, 6.45) is 16.7. The highest BCUT2D eigenvalue weighted by molar-refractivity contribution is 5.96. The van der Waals surface area contributed by atoms with Crippen LogP contribution in [0.5, 0.6) is 0 Å². The van der Waals surface area contributed by atoms with Crippen molar-refractivity contribution in [2.24, 2.45) is 10.3 Å². The highest BCUT2D eigenvalue weighted by Gasteiger charge is 2.17. The molecule has 150 valence electrons. The van der Waals surface area contributed by atoms with E-state index >= 15 is 0 Å². The summed E-state index contributed by atoms with van der Waals surface area (Å²) in [6, 6.07) is 10.8. The molecule has 6 nitrogen and oxygen atoms in total. The Morgan fingerprint density at radius 2 is 2.17 bits per heavy atom. The standard InChI is InChI=1S/C24H24N6/c1-2-17(24-26-28-29-27-24)12-14-30-22-11-10-18-7-4-3-5-9-20(18)21(22)15-23(30)19-8-6-13-25-16-19/h4-13,15-16,24H,2-3,14H2,1H3,(H,26,29)(H,27,28)/b17-12+. The molecule has 0 spiro atoms. The minimum atomic E-state index is -0.108. The molecule has 2 aromatic heterocycles. The van der Waals surface area contributed by atoms with E-state index in [0.717, 1.165) is 24.9 Å². The number of aromatic nitrogens is 2. The van der Waals surface area contributed by atoms with Crippen LogP contribution in [0.2, 0.25) is 0 Å². The molecule has 1 aliphatic carbocycles. The Labute approximate surface area is 175 Å². The Morgan fingerprint density at radius 3 is 2.97 bits per heavy atom. The molecular weight excluding hydrogens is 372 g/mol. The normalized spacial score (nSPS) is 17.9. The first kappa shape index (κ1) is 18.5. The number of pyridine rings is 1. The van der Waals surface area contributed by atoms with Crippen molar-refractivity contribution in [3.63, 3.8) is 0 Å². The monoisotopic (exact) mass is 396 g/mol. The molecule has 1 aromatic carbocycles. The fraction of sp³-hybridized carbons (Fsp3) is 0.208. The Hall–Kier alpha value is -3.51. The topological polar surface area (TPSA) is 66.6 Å². The summed E-state index contributed by atoms with van der Waals surface area (Å²) >= 11 is 0. The number of rotatable bonds is 5. The maximum Gasteiger partial charge on any atom is 0.162 e. The van der Waals surface area contributed by atoms with Crippen LogP contribution in [-0.2, 0) is 6.54 Å². The quantitative estimate of drug-likeness (QED) is 0.577. The summed E-state index contributed by atoms with van der Waals surface area (Å²) in [5, 5.41) is 9.33. The van der Waals surface area contributed by atoms with Gasteiger partial charge in [0, 0.05) is 35.4 Å². The van der Waals surface area contributed by atoms with E-state index in [9.17, 15) is 0 Å². The molecule has 30 heavy (non-hydrogen) atoms. The molecule has 1 aliphatic heterocycles. The summed E-state index contributed by atoms with van der Waals surface area (Å²) in [5.74, 6) is 0. The van der Waals surface area contributed by atoms with E-state index in [1.807, 2.05) is 18.5 Å². The number of nitrogens with zero attached hydrogens (tertiary/aromatic N) is 4. The van der Waals surface area contributed by atoms with Gasteiger partial charge in [-0.1, -0.05) is 48.6 Å². The van der Waals surface area contributed by atoms with Gasteiger partial charge < -0.3 is 4.57 Å². The van der Waals surface area contributed by atoms with Gasteiger partial charge in [0.2, 0.25) is 0 Å². The molecule has 1 atom stereocenters. The minimum absolute atomic E-state index is 0.108. The Kier molecular flexibility index (Phi) is 4.99. The Balaban J connectivity index is 1.66. The smallest absolute Gasteiger partial charge is 0.162 e. The van der Waals surface area contributed by atoms with Crippen LogP contribution in [0.3, 0.4) is 0 Å². The molecule has 3 aromatic rings. The van der Waals surface area contributed by atoms with Crippen molar-refractivity contribution in [1.29, 1.82) is 0 Å². The first-order valence-corrected chi connectivity index (χ1v) is 10.3. The van der Waals surface area contributed by atoms with Crippen LogP contribution < -0.4 is 11.0 Å². The molecule has 1 unspecified atom stereocenters. The van der Waals surface area contributed by atoms with Gasteiger partial charge in [-0.3, -0.25) is 4.98 Å². The fourth-order valence-electron chi connectivity index (χ4n) is 4.14. The van der Waals surface area contributed by atoms with Crippen LogP contribution in [0.1, 0.15) is 30.9 Å². The fourth-order valence-corrected chi connectivity index (χ4v) is 4.14. The number of hydrogen-bond donors (Lipinski definition) is 2. The van der Waals surface area contributed by atoms with E-state index in [1.165, 1.54) is 33.3 Å². The number of benzene rings is 1. The van der Waals surface area contributed by atoms with E-state index in [-0.39, 0.29) is 6.17 Å². The zero-order chi connectivity index (χ0) is 20.3. The van der Waals surface area contributed by atoms with E-state index in [1.54, 1.807) is 0 Å². The third-order valence-electron chi connectivity index (χ3n) is 5.69. The second kappa shape index (κ2) is 8.08. The summed E-state index contributed by atoms with van der Waals surface area (Å²) in [7, 11) is 0. The van der Waals surface area contributed by atoms with Crippen LogP contribution >= 0.6 is 0 Å². The van der Waals surface area contributed by atoms with Gasteiger partial charge in [0.15, 0.2) is 6.17 Å². The summed E-state index contributed by atoms with van der Waals surface area (Å²) < 4.78 is 2.37. The summed E-state index contributed by atoms with van der Waals surface area (Å²) in [4.78, 5) is 4.35. The highest BCUT2D eigenvalue weighted by Crippen LogP contribution is 2.34. The van der Waals surface area contributed by atoms with Gasteiger partial charge in [0.25, 0.3) is 0 Å². The lowest BCUT2D eigenvalue weighted by Gasteiger charge is -2.13. The van der Waals surface area contributed by atoms with Gasteiger partial charge in [-0.15, -0.1) is 5.11 Å². The van der Waals surface area contributed by atoms with Crippen molar-refractivity contribution in [2.45, 2.75) is 32.5 Å². The average Bonchev–Trinajstić information content (AvgIpc) is 3.38. The van der Waals surface area contributed by atoms with Crippen molar-refractivity contribution in [3.05, 3.63) is 77.7 Å². The van der Waals surface area contributed by atoms with Gasteiger partial charge in [0.05, 0.1) is 5.69 Å². The lowest BCUT2D eigenvalue weighted by atomic mass is 10.0. The minimum Gasteiger partial charge on any atom is -0.337 e. The van der Waals surface area contributed by atoms with Crippen molar-refractivity contribution < 1.29 is 0 Å². The molecule has 0 bridgehead atoms. The maximum atomic E-state index is 4.35. The van der Waals surface area contributed by atoms with Crippen molar-refractivity contribution >= 4 is 23.1 Å². The number of fused-ring (bicyclic) bond motifs is 3. The highest BCUT2D eigenvalue weighted by atomic mass is 15.7. The molecule has 0 saturated carbocycles.